The number of ketones is 1. The van der Waals surface area contributed by atoms with Crippen molar-refractivity contribution in [1.82, 2.24) is 4.57 Å². The van der Waals surface area contributed by atoms with Crippen LogP contribution in [0.25, 0.3) is 6.20 Å². The van der Waals surface area contributed by atoms with E-state index in [1.807, 2.05) is 18.2 Å². The van der Waals surface area contributed by atoms with Gasteiger partial charge < -0.3 is 9.98 Å². The minimum absolute atomic E-state index is 0.0342. The molecule has 1 aromatic heterocycles. The topological polar surface area (TPSA) is 45.9 Å². The number of carbonyl (C=O) groups is 1. The lowest BCUT2D eigenvalue weighted by atomic mass is 10.1. The summed E-state index contributed by atoms with van der Waals surface area (Å²) in [5, 5.41) is 7.79. The Bertz CT molecular complexity index is 577. The van der Waals surface area contributed by atoms with E-state index >= 15 is 0 Å². The van der Waals surface area contributed by atoms with Crippen molar-refractivity contribution in [1.29, 1.82) is 5.41 Å². The summed E-state index contributed by atoms with van der Waals surface area (Å²) in [5.74, 6) is -0.0342. The molecule has 17 heavy (non-hydrogen) atoms. The molecule has 2 rings (SSSR count). The van der Waals surface area contributed by atoms with Gasteiger partial charge in [0.05, 0.1) is 5.36 Å². The van der Waals surface area contributed by atoms with Crippen LogP contribution >= 0.6 is 0 Å². The van der Waals surface area contributed by atoms with E-state index in [1.165, 1.54) is 6.08 Å². The second-order valence-corrected chi connectivity index (χ2v) is 3.58. The van der Waals surface area contributed by atoms with Crippen molar-refractivity contribution < 1.29 is 4.79 Å². The van der Waals surface area contributed by atoms with Crippen LogP contribution in [0, 0.1) is 5.41 Å². The summed E-state index contributed by atoms with van der Waals surface area (Å²) >= 11 is 0. The van der Waals surface area contributed by atoms with Crippen LogP contribution in [0.1, 0.15) is 10.4 Å². The molecule has 1 heterocycles. The first-order valence-electron chi connectivity index (χ1n) is 5.26. The SMILES string of the molecule is N=c1ccn(/C=C/C(=O)c2ccccc2)cc1. The molecule has 3 heteroatoms. The van der Waals surface area contributed by atoms with Gasteiger partial charge in [-0.2, -0.15) is 0 Å². The fraction of sp³-hybridized carbons (Fsp3) is 0. The maximum atomic E-state index is 11.7. The number of hydrogen-bond acceptors (Lipinski definition) is 2. The van der Waals surface area contributed by atoms with E-state index in [0.717, 1.165) is 0 Å². The van der Waals surface area contributed by atoms with E-state index < -0.39 is 0 Å². The highest BCUT2D eigenvalue weighted by molar-refractivity contribution is 6.05. The van der Waals surface area contributed by atoms with Crippen molar-refractivity contribution in [2.24, 2.45) is 0 Å². The fourth-order valence-corrected chi connectivity index (χ4v) is 1.39. The predicted octanol–water partition coefficient (Wildman–Crippen LogP) is 2.32. The van der Waals surface area contributed by atoms with Gasteiger partial charge in [-0.1, -0.05) is 30.3 Å². The van der Waals surface area contributed by atoms with Crippen LogP contribution in [-0.4, -0.2) is 10.4 Å². The second-order valence-electron chi connectivity index (χ2n) is 3.58. The molecular formula is C14H12N2O. The molecule has 0 unspecified atom stereocenters. The number of nitrogens with zero attached hydrogens (tertiary/aromatic N) is 1. The first-order valence-corrected chi connectivity index (χ1v) is 5.26. The molecule has 0 aliphatic rings. The third kappa shape index (κ3) is 3.01. The van der Waals surface area contributed by atoms with Gasteiger partial charge in [0, 0.05) is 30.2 Å². The molecule has 2 aromatic rings. The van der Waals surface area contributed by atoms with Gasteiger partial charge in [-0.25, -0.2) is 0 Å². The Labute approximate surface area is 99.2 Å². The third-order valence-electron chi connectivity index (χ3n) is 2.31. The number of aromatic nitrogens is 1. The molecule has 0 bridgehead atoms. The average Bonchev–Trinajstić information content (AvgIpc) is 2.39. The molecule has 0 atom stereocenters. The van der Waals surface area contributed by atoms with Crippen molar-refractivity contribution in [3.63, 3.8) is 0 Å². The zero-order chi connectivity index (χ0) is 12.1. The molecule has 0 saturated heterocycles. The van der Waals surface area contributed by atoms with Gasteiger partial charge in [0.15, 0.2) is 5.78 Å². The Kier molecular flexibility index (Phi) is 3.31. The second kappa shape index (κ2) is 5.07. The van der Waals surface area contributed by atoms with E-state index in [1.54, 1.807) is 47.4 Å². The molecule has 1 aromatic carbocycles. The van der Waals surface area contributed by atoms with E-state index in [4.69, 9.17) is 5.41 Å². The molecule has 84 valence electrons. The number of benzene rings is 1. The smallest absolute Gasteiger partial charge is 0.187 e. The highest BCUT2D eigenvalue weighted by Gasteiger charge is 1.98. The maximum Gasteiger partial charge on any atom is 0.187 e. The molecule has 0 saturated carbocycles. The van der Waals surface area contributed by atoms with Gasteiger partial charge in [0.25, 0.3) is 0 Å². The zero-order valence-corrected chi connectivity index (χ0v) is 9.21. The van der Waals surface area contributed by atoms with Gasteiger partial charge in [-0.05, 0) is 12.1 Å². The van der Waals surface area contributed by atoms with Crippen LogP contribution in [0.15, 0.2) is 60.9 Å². The highest BCUT2D eigenvalue weighted by atomic mass is 16.1. The summed E-state index contributed by atoms with van der Waals surface area (Å²) in [5.41, 5.74) is 0.668. The van der Waals surface area contributed by atoms with E-state index in [9.17, 15) is 4.79 Å². The number of pyridine rings is 1. The minimum atomic E-state index is -0.0342. The first-order chi connectivity index (χ1) is 8.25. The summed E-state index contributed by atoms with van der Waals surface area (Å²) in [6, 6.07) is 12.4. The van der Waals surface area contributed by atoms with Crippen LogP contribution in [0.4, 0.5) is 0 Å². The van der Waals surface area contributed by atoms with E-state index in [0.29, 0.717) is 10.9 Å². The summed E-state index contributed by atoms with van der Waals surface area (Å²) in [7, 11) is 0. The number of rotatable bonds is 3. The maximum absolute atomic E-state index is 11.7. The van der Waals surface area contributed by atoms with Crippen LogP contribution in [0.2, 0.25) is 0 Å². The minimum Gasteiger partial charge on any atom is -0.330 e. The molecule has 0 amide bonds. The van der Waals surface area contributed by atoms with E-state index in [-0.39, 0.29) is 5.78 Å². The molecular weight excluding hydrogens is 212 g/mol. The number of carbonyl (C=O) groups excluding carboxylic acids is 1. The number of hydrogen-bond donors (Lipinski definition) is 1. The molecule has 1 N–H and O–H groups in total. The van der Waals surface area contributed by atoms with Crippen LogP contribution < -0.4 is 5.36 Å². The zero-order valence-electron chi connectivity index (χ0n) is 9.21. The normalized spacial score (nSPS) is 10.6. The Balaban J connectivity index is 2.14. The Morgan fingerprint density at radius 1 is 1.06 bits per heavy atom. The van der Waals surface area contributed by atoms with E-state index in [2.05, 4.69) is 0 Å². The van der Waals surface area contributed by atoms with Crippen LogP contribution in [0.5, 0.6) is 0 Å². The summed E-state index contributed by atoms with van der Waals surface area (Å²) in [6.07, 6.45) is 6.65. The molecule has 0 radical (unpaired) electrons. The van der Waals surface area contributed by atoms with Gasteiger partial charge in [0.1, 0.15) is 0 Å². The molecule has 0 fully saturated rings. The fourth-order valence-electron chi connectivity index (χ4n) is 1.39. The molecule has 0 aliphatic carbocycles. The Morgan fingerprint density at radius 3 is 2.35 bits per heavy atom. The summed E-state index contributed by atoms with van der Waals surface area (Å²) in [6.45, 7) is 0. The van der Waals surface area contributed by atoms with Gasteiger partial charge in [0.2, 0.25) is 0 Å². The monoisotopic (exact) mass is 224 g/mol. The molecule has 3 nitrogen and oxygen atoms in total. The predicted molar refractivity (Wildman–Crippen MR) is 66.4 cm³/mol. The Morgan fingerprint density at radius 2 is 1.71 bits per heavy atom. The number of allylic oxidation sites excluding steroid dienone is 1. The number of nitrogens with one attached hydrogen (secondary N) is 1. The lowest BCUT2D eigenvalue weighted by molar-refractivity contribution is 0.104. The van der Waals surface area contributed by atoms with Crippen molar-refractivity contribution in [3.8, 4) is 0 Å². The Hall–Kier alpha value is -2.42. The standard InChI is InChI=1S/C14H12N2O/c15-13-6-9-16(10-7-13)11-8-14(17)12-4-2-1-3-5-12/h1-11,15H/b11-8+. The average molecular weight is 224 g/mol. The summed E-state index contributed by atoms with van der Waals surface area (Å²) < 4.78 is 1.74. The lowest BCUT2D eigenvalue weighted by Gasteiger charge is -1.97. The first kappa shape index (κ1) is 11.1. The van der Waals surface area contributed by atoms with Crippen molar-refractivity contribution in [2.75, 3.05) is 0 Å². The van der Waals surface area contributed by atoms with Crippen molar-refractivity contribution in [3.05, 3.63) is 71.9 Å². The lowest BCUT2D eigenvalue weighted by Crippen LogP contribution is -2.00. The largest absolute Gasteiger partial charge is 0.330 e. The van der Waals surface area contributed by atoms with Gasteiger partial charge in [-0.15, -0.1) is 0 Å². The third-order valence-corrected chi connectivity index (χ3v) is 2.31. The van der Waals surface area contributed by atoms with Crippen molar-refractivity contribution >= 4 is 12.0 Å². The molecule has 0 spiro atoms. The summed E-state index contributed by atoms with van der Waals surface area (Å²) in [4.78, 5) is 11.7. The van der Waals surface area contributed by atoms with Crippen LogP contribution in [0.3, 0.4) is 0 Å². The van der Waals surface area contributed by atoms with Crippen LogP contribution in [-0.2, 0) is 0 Å². The highest BCUT2D eigenvalue weighted by Crippen LogP contribution is 2.01. The van der Waals surface area contributed by atoms with Gasteiger partial charge in [-0.3, -0.25) is 4.79 Å². The van der Waals surface area contributed by atoms with Gasteiger partial charge >= 0.3 is 0 Å². The quantitative estimate of drug-likeness (QED) is 0.631. The molecule has 0 aliphatic heterocycles. The van der Waals surface area contributed by atoms with Crippen molar-refractivity contribution in [2.45, 2.75) is 0 Å².